The molecule has 1 amide bonds. The average molecular weight is 265 g/mol. The Balaban J connectivity index is 2.69. The van der Waals surface area contributed by atoms with Crippen LogP contribution in [0, 0.1) is 0 Å². The summed E-state index contributed by atoms with van der Waals surface area (Å²) < 4.78 is 5.19. The normalized spacial score (nSPS) is 10.3. The summed E-state index contributed by atoms with van der Waals surface area (Å²) in [7, 11) is 1.80. The van der Waals surface area contributed by atoms with E-state index in [9.17, 15) is 4.79 Å². The van der Waals surface area contributed by atoms with Crippen molar-refractivity contribution in [2.75, 3.05) is 32.1 Å². The maximum absolute atomic E-state index is 12.0. The Hall–Kier alpha value is -1.62. The van der Waals surface area contributed by atoms with Crippen LogP contribution in [-0.4, -0.2) is 37.7 Å². The van der Waals surface area contributed by atoms with Crippen molar-refractivity contribution in [3.8, 4) is 0 Å². The number of nitrogens with zero attached hydrogens (tertiary/aromatic N) is 1. The zero-order valence-corrected chi connectivity index (χ0v) is 12.0. The minimum absolute atomic E-state index is 0.0871. The number of hydrogen-bond donors (Lipinski definition) is 2. The molecular weight excluding hydrogens is 242 g/mol. The number of pyridine rings is 1. The van der Waals surface area contributed by atoms with Gasteiger partial charge in [-0.1, -0.05) is 13.3 Å². The third-order valence-electron chi connectivity index (χ3n) is 2.64. The molecule has 0 fully saturated rings. The molecule has 0 saturated carbocycles. The Kier molecular flexibility index (Phi) is 6.89. The van der Waals surface area contributed by atoms with Crippen molar-refractivity contribution in [2.24, 2.45) is 0 Å². The van der Waals surface area contributed by atoms with E-state index < -0.39 is 0 Å². The molecular formula is C14H23N3O2. The minimum Gasteiger partial charge on any atom is -0.380 e. The van der Waals surface area contributed by atoms with Crippen LogP contribution < -0.4 is 10.6 Å². The summed E-state index contributed by atoms with van der Waals surface area (Å²) in [6.45, 7) is 5.74. The Bertz CT molecular complexity index is 408. The zero-order chi connectivity index (χ0) is 14.1. The summed E-state index contributed by atoms with van der Waals surface area (Å²) in [6.07, 6.45) is 1.88. The van der Waals surface area contributed by atoms with E-state index in [-0.39, 0.29) is 5.91 Å². The number of carbonyl (C=O) groups is 1. The topological polar surface area (TPSA) is 63.2 Å². The van der Waals surface area contributed by atoms with Crippen molar-refractivity contribution in [3.63, 3.8) is 0 Å². The van der Waals surface area contributed by atoms with Gasteiger partial charge in [0.1, 0.15) is 5.82 Å². The summed E-state index contributed by atoms with van der Waals surface area (Å²) in [5, 5.41) is 5.82. The van der Waals surface area contributed by atoms with E-state index in [1.54, 1.807) is 13.1 Å². The largest absolute Gasteiger partial charge is 0.380 e. The van der Waals surface area contributed by atoms with Gasteiger partial charge in [-0.15, -0.1) is 0 Å². The maximum atomic E-state index is 12.0. The first-order valence-electron chi connectivity index (χ1n) is 6.75. The molecule has 0 aliphatic carbocycles. The Labute approximate surface area is 114 Å². The number of rotatable bonds is 8. The van der Waals surface area contributed by atoms with Crippen molar-refractivity contribution in [1.29, 1.82) is 0 Å². The first kappa shape index (κ1) is 15.4. The van der Waals surface area contributed by atoms with Crippen LogP contribution in [-0.2, 0) is 11.2 Å². The van der Waals surface area contributed by atoms with Gasteiger partial charge in [-0.2, -0.15) is 0 Å². The van der Waals surface area contributed by atoms with Crippen molar-refractivity contribution < 1.29 is 9.53 Å². The van der Waals surface area contributed by atoms with Crippen LogP contribution >= 0.6 is 0 Å². The fourth-order valence-corrected chi connectivity index (χ4v) is 1.71. The third-order valence-corrected chi connectivity index (χ3v) is 2.64. The monoisotopic (exact) mass is 265 g/mol. The third kappa shape index (κ3) is 5.26. The first-order valence-corrected chi connectivity index (χ1v) is 6.75. The predicted molar refractivity (Wildman–Crippen MR) is 76.6 cm³/mol. The van der Waals surface area contributed by atoms with Gasteiger partial charge in [0.25, 0.3) is 5.91 Å². The molecule has 0 atom stereocenters. The molecule has 2 N–H and O–H groups in total. The van der Waals surface area contributed by atoms with E-state index >= 15 is 0 Å². The SMILES string of the molecule is CCCc1cc(C(=O)NCCOCC)cc(NC)n1. The molecule has 1 aromatic rings. The van der Waals surface area contributed by atoms with Gasteiger partial charge in [-0.25, -0.2) is 4.98 Å². The second-order valence-corrected chi connectivity index (χ2v) is 4.19. The lowest BCUT2D eigenvalue weighted by Crippen LogP contribution is -2.27. The van der Waals surface area contributed by atoms with Crippen LogP contribution in [0.25, 0.3) is 0 Å². The molecule has 106 valence electrons. The lowest BCUT2D eigenvalue weighted by Gasteiger charge is -2.09. The van der Waals surface area contributed by atoms with Crippen LogP contribution in [0.3, 0.4) is 0 Å². The quantitative estimate of drug-likeness (QED) is 0.704. The second-order valence-electron chi connectivity index (χ2n) is 4.19. The highest BCUT2D eigenvalue weighted by molar-refractivity contribution is 5.95. The molecule has 1 aromatic heterocycles. The molecule has 0 aliphatic rings. The molecule has 0 saturated heterocycles. The van der Waals surface area contributed by atoms with Gasteiger partial charge in [-0.05, 0) is 25.5 Å². The van der Waals surface area contributed by atoms with E-state index in [1.807, 2.05) is 13.0 Å². The molecule has 19 heavy (non-hydrogen) atoms. The number of aryl methyl sites for hydroxylation is 1. The highest BCUT2D eigenvalue weighted by atomic mass is 16.5. The van der Waals surface area contributed by atoms with Gasteiger partial charge >= 0.3 is 0 Å². The summed E-state index contributed by atoms with van der Waals surface area (Å²) in [6, 6.07) is 3.61. The predicted octanol–water partition coefficient (Wildman–Crippen LogP) is 1.84. The fraction of sp³-hybridized carbons (Fsp3) is 0.571. The van der Waals surface area contributed by atoms with Gasteiger partial charge in [0, 0.05) is 31.5 Å². The average Bonchev–Trinajstić information content (AvgIpc) is 2.43. The lowest BCUT2D eigenvalue weighted by molar-refractivity contribution is 0.0922. The number of anilines is 1. The van der Waals surface area contributed by atoms with Crippen LogP contribution in [0.15, 0.2) is 12.1 Å². The van der Waals surface area contributed by atoms with E-state index in [0.717, 1.165) is 24.4 Å². The van der Waals surface area contributed by atoms with Crippen LogP contribution in [0.4, 0.5) is 5.82 Å². The number of aromatic nitrogens is 1. The lowest BCUT2D eigenvalue weighted by atomic mass is 10.1. The molecule has 0 spiro atoms. The van der Waals surface area contributed by atoms with Gasteiger partial charge in [0.05, 0.1) is 6.61 Å². The Morgan fingerprint density at radius 3 is 2.79 bits per heavy atom. The van der Waals surface area contributed by atoms with Crippen molar-refractivity contribution >= 4 is 11.7 Å². The highest BCUT2D eigenvalue weighted by Gasteiger charge is 2.08. The minimum atomic E-state index is -0.0871. The van der Waals surface area contributed by atoms with E-state index in [4.69, 9.17) is 4.74 Å². The second kappa shape index (κ2) is 8.48. The van der Waals surface area contributed by atoms with Gasteiger partial charge in [-0.3, -0.25) is 4.79 Å². The zero-order valence-electron chi connectivity index (χ0n) is 12.0. The number of carbonyl (C=O) groups excluding carboxylic acids is 1. The molecule has 1 rings (SSSR count). The molecule has 0 radical (unpaired) electrons. The van der Waals surface area contributed by atoms with Crippen molar-refractivity contribution in [1.82, 2.24) is 10.3 Å². The molecule has 0 aliphatic heterocycles. The number of hydrogen-bond acceptors (Lipinski definition) is 4. The van der Waals surface area contributed by atoms with E-state index in [0.29, 0.717) is 25.3 Å². The maximum Gasteiger partial charge on any atom is 0.251 e. The summed E-state index contributed by atoms with van der Waals surface area (Å²) in [5.74, 6) is 0.636. The molecule has 5 nitrogen and oxygen atoms in total. The summed E-state index contributed by atoms with van der Waals surface area (Å²) >= 11 is 0. The van der Waals surface area contributed by atoms with Crippen LogP contribution in [0.2, 0.25) is 0 Å². The smallest absolute Gasteiger partial charge is 0.251 e. The van der Waals surface area contributed by atoms with E-state index in [1.165, 1.54) is 0 Å². The Morgan fingerprint density at radius 2 is 2.16 bits per heavy atom. The number of ether oxygens (including phenoxy) is 1. The molecule has 0 aromatic carbocycles. The summed E-state index contributed by atoms with van der Waals surface area (Å²) in [5.41, 5.74) is 1.57. The number of nitrogens with one attached hydrogen (secondary N) is 2. The fourth-order valence-electron chi connectivity index (χ4n) is 1.71. The standard InChI is InChI=1S/C14H23N3O2/c1-4-6-12-9-11(10-13(15-3)17-12)14(18)16-7-8-19-5-2/h9-10H,4-8H2,1-3H3,(H,15,17)(H,16,18). The molecule has 5 heteroatoms. The van der Waals surface area contributed by atoms with Crippen LogP contribution in [0.1, 0.15) is 36.3 Å². The van der Waals surface area contributed by atoms with E-state index in [2.05, 4.69) is 22.5 Å². The first-order chi connectivity index (χ1) is 9.21. The van der Waals surface area contributed by atoms with Gasteiger partial charge in [0.15, 0.2) is 0 Å². The molecule has 0 bridgehead atoms. The van der Waals surface area contributed by atoms with Gasteiger partial charge in [0.2, 0.25) is 0 Å². The number of amides is 1. The van der Waals surface area contributed by atoms with Crippen LogP contribution in [0.5, 0.6) is 0 Å². The highest BCUT2D eigenvalue weighted by Crippen LogP contribution is 2.11. The summed E-state index contributed by atoms with van der Waals surface area (Å²) in [4.78, 5) is 16.4. The van der Waals surface area contributed by atoms with Crippen molar-refractivity contribution in [2.45, 2.75) is 26.7 Å². The Morgan fingerprint density at radius 1 is 1.37 bits per heavy atom. The van der Waals surface area contributed by atoms with Gasteiger partial charge < -0.3 is 15.4 Å². The molecule has 0 unspecified atom stereocenters. The van der Waals surface area contributed by atoms with Crippen molar-refractivity contribution in [3.05, 3.63) is 23.4 Å². The molecule has 1 heterocycles.